The van der Waals surface area contributed by atoms with Crippen LogP contribution in [0.15, 0.2) is 28.9 Å². The van der Waals surface area contributed by atoms with E-state index in [1.54, 1.807) is 0 Å². The monoisotopic (exact) mass is 250 g/mol. The molecule has 1 N–H and O–H groups in total. The highest BCUT2D eigenvalue weighted by Gasteiger charge is 2.24. The van der Waals surface area contributed by atoms with Gasteiger partial charge in [0.25, 0.3) is 0 Å². The SMILES string of the molecule is C[SiH](Oc1ccc2c(O)coc2c1)C(C)(C)C. The fourth-order valence-electron chi connectivity index (χ4n) is 1.45. The molecule has 0 saturated carbocycles. The lowest BCUT2D eigenvalue weighted by Gasteiger charge is -2.26. The maximum atomic E-state index is 9.49. The first-order valence-corrected chi connectivity index (χ1v) is 7.95. The summed E-state index contributed by atoms with van der Waals surface area (Å²) in [4.78, 5) is 0. The van der Waals surface area contributed by atoms with Crippen LogP contribution >= 0.6 is 0 Å². The van der Waals surface area contributed by atoms with Gasteiger partial charge in [0.15, 0.2) is 5.75 Å². The zero-order valence-electron chi connectivity index (χ0n) is 10.7. The molecule has 0 aliphatic carbocycles. The van der Waals surface area contributed by atoms with E-state index in [1.165, 1.54) is 6.26 Å². The summed E-state index contributed by atoms with van der Waals surface area (Å²) in [6.45, 7) is 8.77. The van der Waals surface area contributed by atoms with Gasteiger partial charge in [-0.15, -0.1) is 0 Å². The Kier molecular flexibility index (Phi) is 2.91. The largest absolute Gasteiger partial charge is 0.546 e. The van der Waals surface area contributed by atoms with Crippen LogP contribution in [0.4, 0.5) is 0 Å². The van der Waals surface area contributed by atoms with Crippen molar-refractivity contribution in [3.8, 4) is 11.5 Å². The molecule has 92 valence electrons. The van der Waals surface area contributed by atoms with Crippen molar-refractivity contribution in [1.82, 2.24) is 0 Å². The van der Waals surface area contributed by atoms with Crippen LogP contribution in [-0.2, 0) is 0 Å². The van der Waals surface area contributed by atoms with Crippen molar-refractivity contribution in [2.45, 2.75) is 32.4 Å². The van der Waals surface area contributed by atoms with Gasteiger partial charge in [-0.25, -0.2) is 0 Å². The van der Waals surface area contributed by atoms with Crippen molar-refractivity contribution in [2.24, 2.45) is 0 Å². The van der Waals surface area contributed by atoms with E-state index >= 15 is 0 Å². The number of hydrogen-bond donors (Lipinski definition) is 1. The van der Waals surface area contributed by atoms with Crippen LogP contribution in [0, 0.1) is 0 Å². The van der Waals surface area contributed by atoms with E-state index in [-0.39, 0.29) is 10.8 Å². The van der Waals surface area contributed by atoms with Crippen molar-refractivity contribution in [3.05, 3.63) is 24.5 Å². The third-order valence-corrected chi connectivity index (χ3v) is 6.12. The Bertz CT molecular complexity index is 525. The van der Waals surface area contributed by atoms with Gasteiger partial charge in [-0.1, -0.05) is 20.8 Å². The molecule has 2 rings (SSSR count). The first-order valence-electron chi connectivity index (χ1n) is 5.75. The summed E-state index contributed by atoms with van der Waals surface area (Å²) >= 11 is 0. The molecular formula is C13H18O3Si. The molecule has 1 aromatic heterocycles. The first-order chi connectivity index (χ1) is 7.88. The van der Waals surface area contributed by atoms with E-state index in [0.717, 1.165) is 11.1 Å². The van der Waals surface area contributed by atoms with Crippen LogP contribution < -0.4 is 4.43 Å². The van der Waals surface area contributed by atoms with Crippen LogP contribution in [0.5, 0.6) is 11.5 Å². The lowest BCUT2D eigenvalue weighted by Crippen LogP contribution is -2.28. The molecule has 0 aliphatic heterocycles. The Morgan fingerprint density at radius 3 is 2.65 bits per heavy atom. The summed E-state index contributed by atoms with van der Waals surface area (Å²) in [5.41, 5.74) is 0.662. The molecule has 1 aromatic carbocycles. The standard InChI is InChI=1S/C13H18O3Si/c1-13(2,3)17(4)16-9-5-6-10-11(14)8-15-12(10)7-9/h5-8,14,17H,1-4H3. The summed E-state index contributed by atoms with van der Waals surface area (Å²) in [6.07, 6.45) is 1.35. The average Bonchev–Trinajstić information content (AvgIpc) is 2.59. The van der Waals surface area contributed by atoms with E-state index in [0.29, 0.717) is 5.58 Å². The van der Waals surface area contributed by atoms with Gasteiger partial charge in [0.2, 0.25) is 9.04 Å². The Morgan fingerprint density at radius 1 is 1.29 bits per heavy atom. The van der Waals surface area contributed by atoms with Crippen molar-refractivity contribution in [2.75, 3.05) is 0 Å². The van der Waals surface area contributed by atoms with Gasteiger partial charge in [0.1, 0.15) is 17.6 Å². The molecule has 1 atom stereocenters. The normalized spacial score (nSPS) is 13.9. The Morgan fingerprint density at radius 2 is 2.00 bits per heavy atom. The van der Waals surface area contributed by atoms with Crippen molar-refractivity contribution < 1.29 is 13.9 Å². The molecule has 2 aromatic rings. The number of fused-ring (bicyclic) bond motifs is 1. The summed E-state index contributed by atoms with van der Waals surface area (Å²) in [7, 11) is -1.29. The van der Waals surface area contributed by atoms with Gasteiger partial charge in [-0.2, -0.15) is 0 Å². The second-order valence-corrected chi connectivity index (χ2v) is 8.66. The van der Waals surface area contributed by atoms with Crippen LogP contribution in [-0.4, -0.2) is 14.1 Å². The molecule has 3 nitrogen and oxygen atoms in total. The third-order valence-electron chi connectivity index (χ3n) is 3.06. The van der Waals surface area contributed by atoms with Crippen molar-refractivity contribution in [1.29, 1.82) is 0 Å². The highest BCUT2D eigenvalue weighted by molar-refractivity contribution is 6.54. The van der Waals surface area contributed by atoms with Gasteiger partial charge in [-0.05, 0) is 23.7 Å². The van der Waals surface area contributed by atoms with E-state index in [4.69, 9.17) is 8.84 Å². The first kappa shape index (κ1) is 12.0. The van der Waals surface area contributed by atoms with Crippen LogP contribution in [0.3, 0.4) is 0 Å². The fourth-order valence-corrected chi connectivity index (χ4v) is 2.36. The van der Waals surface area contributed by atoms with E-state index < -0.39 is 9.04 Å². The number of rotatable bonds is 2. The molecule has 0 aliphatic rings. The minimum atomic E-state index is -1.29. The minimum Gasteiger partial charge on any atom is -0.546 e. The molecule has 4 heteroatoms. The Labute approximate surface area is 103 Å². The fraction of sp³-hybridized carbons (Fsp3) is 0.385. The zero-order valence-corrected chi connectivity index (χ0v) is 11.8. The average molecular weight is 250 g/mol. The predicted octanol–water partition coefficient (Wildman–Crippen LogP) is 3.67. The van der Waals surface area contributed by atoms with E-state index in [9.17, 15) is 5.11 Å². The summed E-state index contributed by atoms with van der Waals surface area (Å²) in [5, 5.41) is 10.4. The highest BCUT2D eigenvalue weighted by atomic mass is 28.3. The minimum absolute atomic E-state index is 0.174. The molecule has 0 fully saturated rings. The lowest BCUT2D eigenvalue weighted by molar-refractivity contribution is 0.464. The summed E-state index contributed by atoms with van der Waals surface area (Å²) < 4.78 is 11.2. The third kappa shape index (κ3) is 2.47. The topological polar surface area (TPSA) is 42.6 Å². The molecule has 1 unspecified atom stereocenters. The molecule has 0 bridgehead atoms. The highest BCUT2D eigenvalue weighted by Crippen LogP contribution is 2.32. The van der Waals surface area contributed by atoms with Crippen LogP contribution in [0.2, 0.25) is 11.6 Å². The quantitative estimate of drug-likeness (QED) is 0.827. The van der Waals surface area contributed by atoms with E-state index in [2.05, 4.69) is 27.3 Å². The predicted molar refractivity (Wildman–Crippen MR) is 71.2 cm³/mol. The molecule has 17 heavy (non-hydrogen) atoms. The van der Waals surface area contributed by atoms with Crippen molar-refractivity contribution >= 4 is 20.0 Å². The number of aromatic hydroxyl groups is 1. The molecular weight excluding hydrogens is 232 g/mol. The Balaban J connectivity index is 2.25. The van der Waals surface area contributed by atoms with E-state index in [1.807, 2.05) is 18.2 Å². The maximum Gasteiger partial charge on any atom is 0.237 e. The van der Waals surface area contributed by atoms with Crippen LogP contribution in [0.25, 0.3) is 11.0 Å². The summed E-state index contributed by atoms with van der Waals surface area (Å²) in [5.74, 6) is 0.994. The molecule has 0 radical (unpaired) electrons. The smallest absolute Gasteiger partial charge is 0.237 e. The summed E-state index contributed by atoms with van der Waals surface area (Å²) in [6, 6.07) is 5.55. The molecule has 0 spiro atoms. The lowest BCUT2D eigenvalue weighted by atomic mass is 10.2. The number of furan rings is 1. The Hall–Kier alpha value is -1.42. The number of hydrogen-bond acceptors (Lipinski definition) is 3. The van der Waals surface area contributed by atoms with Gasteiger partial charge in [-0.3, -0.25) is 0 Å². The molecule has 1 heterocycles. The molecule has 0 amide bonds. The van der Waals surface area contributed by atoms with Crippen LogP contribution in [0.1, 0.15) is 20.8 Å². The van der Waals surface area contributed by atoms with Gasteiger partial charge >= 0.3 is 0 Å². The zero-order chi connectivity index (χ0) is 12.6. The molecule has 0 saturated heterocycles. The second kappa shape index (κ2) is 4.11. The maximum absolute atomic E-state index is 9.49. The second-order valence-electron chi connectivity index (χ2n) is 5.41. The van der Waals surface area contributed by atoms with Crippen molar-refractivity contribution in [3.63, 3.8) is 0 Å². The number of benzene rings is 1. The van der Waals surface area contributed by atoms with Gasteiger partial charge in [0.05, 0.1) is 5.39 Å². The van der Waals surface area contributed by atoms with Gasteiger partial charge in [0, 0.05) is 6.07 Å². The van der Waals surface area contributed by atoms with Gasteiger partial charge < -0.3 is 13.9 Å².